The summed E-state index contributed by atoms with van der Waals surface area (Å²) >= 11 is 3.17. The van der Waals surface area contributed by atoms with Gasteiger partial charge in [-0.3, -0.25) is 14.9 Å². The molecule has 0 spiro atoms. The Morgan fingerprint density at radius 1 is 1.53 bits per heavy atom. The van der Waals surface area contributed by atoms with Crippen LogP contribution in [0.4, 0.5) is 11.4 Å². The summed E-state index contributed by atoms with van der Waals surface area (Å²) in [7, 11) is 0. The molecule has 1 aliphatic heterocycles. The highest BCUT2D eigenvalue weighted by atomic mass is 79.9. The molecule has 0 saturated carbocycles. The zero-order valence-electron chi connectivity index (χ0n) is 8.80. The van der Waals surface area contributed by atoms with Gasteiger partial charge >= 0.3 is 0 Å². The minimum Gasteiger partial charge on any atom is -0.326 e. The fraction of sp³-hybridized carbons (Fsp3) is 0.300. The SMILES string of the molecule is NC1CC(=O)N(c2ccc(Br)cc2[N+](=O)[O-])C1. The maximum atomic E-state index is 11.7. The topological polar surface area (TPSA) is 89.5 Å². The molecule has 1 aromatic carbocycles. The van der Waals surface area contributed by atoms with Crippen LogP contribution in [-0.4, -0.2) is 23.4 Å². The normalized spacial score (nSPS) is 19.8. The van der Waals surface area contributed by atoms with Gasteiger partial charge in [0.1, 0.15) is 5.69 Å². The van der Waals surface area contributed by atoms with Crippen molar-refractivity contribution in [2.45, 2.75) is 12.5 Å². The van der Waals surface area contributed by atoms with Gasteiger partial charge in [-0.05, 0) is 12.1 Å². The van der Waals surface area contributed by atoms with Crippen molar-refractivity contribution < 1.29 is 9.72 Å². The van der Waals surface area contributed by atoms with Gasteiger partial charge in [0.25, 0.3) is 5.69 Å². The molecular weight excluding hydrogens is 290 g/mol. The van der Waals surface area contributed by atoms with Crippen LogP contribution in [0.15, 0.2) is 22.7 Å². The molecule has 1 amide bonds. The molecule has 6 nitrogen and oxygen atoms in total. The van der Waals surface area contributed by atoms with Crippen molar-refractivity contribution in [2.75, 3.05) is 11.4 Å². The van der Waals surface area contributed by atoms with Crippen molar-refractivity contribution in [2.24, 2.45) is 5.73 Å². The molecule has 1 aromatic rings. The standard InChI is InChI=1S/C10H10BrN3O3/c11-6-1-2-8(9(3-6)14(16)17)13-5-7(12)4-10(13)15/h1-3,7H,4-5,12H2. The van der Waals surface area contributed by atoms with Gasteiger partial charge in [-0.2, -0.15) is 0 Å². The first-order valence-corrected chi connectivity index (χ1v) is 5.78. The Morgan fingerprint density at radius 3 is 2.76 bits per heavy atom. The molecule has 1 fully saturated rings. The lowest BCUT2D eigenvalue weighted by molar-refractivity contribution is -0.384. The molecule has 7 heteroatoms. The highest BCUT2D eigenvalue weighted by molar-refractivity contribution is 9.10. The lowest BCUT2D eigenvalue weighted by atomic mass is 10.2. The number of halogens is 1. The maximum Gasteiger partial charge on any atom is 0.294 e. The van der Waals surface area contributed by atoms with Crippen molar-refractivity contribution in [1.29, 1.82) is 0 Å². The van der Waals surface area contributed by atoms with Gasteiger partial charge in [-0.15, -0.1) is 0 Å². The number of anilines is 1. The zero-order chi connectivity index (χ0) is 12.6. The number of hydrogen-bond acceptors (Lipinski definition) is 4. The molecular formula is C10H10BrN3O3. The van der Waals surface area contributed by atoms with Crippen molar-refractivity contribution >= 4 is 33.2 Å². The van der Waals surface area contributed by atoms with E-state index in [0.717, 1.165) is 0 Å². The Hall–Kier alpha value is -1.47. The lowest BCUT2D eigenvalue weighted by Gasteiger charge is -2.16. The predicted octanol–water partition coefficient (Wildman–Crippen LogP) is 1.42. The zero-order valence-corrected chi connectivity index (χ0v) is 10.4. The van der Waals surface area contributed by atoms with Crippen molar-refractivity contribution in [3.63, 3.8) is 0 Å². The van der Waals surface area contributed by atoms with E-state index in [1.54, 1.807) is 12.1 Å². The van der Waals surface area contributed by atoms with E-state index in [1.165, 1.54) is 11.0 Å². The van der Waals surface area contributed by atoms with E-state index in [4.69, 9.17) is 5.73 Å². The highest BCUT2D eigenvalue weighted by Crippen LogP contribution is 2.33. The molecule has 90 valence electrons. The van der Waals surface area contributed by atoms with Gasteiger partial charge < -0.3 is 10.6 Å². The number of hydrogen-bond donors (Lipinski definition) is 1. The molecule has 1 heterocycles. The first-order chi connectivity index (χ1) is 7.99. The van der Waals surface area contributed by atoms with Crippen LogP contribution in [0.2, 0.25) is 0 Å². The van der Waals surface area contributed by atoms with Crippen molar-refractivity contribution in [3.8, 4) is 0 Å². The van der Waals surface area contributed by atoms with E-state index < -0.39 is 4.92 Å². The molecule has 0 aromatic heterocycles. The first-order valence-electron chi connectivity index (χ1n) is 4.99. The van der Waals surface area contributed by atoms with Gasteiger partial charge in [0.2, 0.25) is 5.91 Å². The van der Waals surface area contributed by atoms with Crippen molar-refractivity contribution in [1.82, 2.24) is 0 Å². The third-order valence-corrected chi connectivity index (χ3v) is 3.07. The van der Waals surface area contributed by atoms with E-state index in [2.05, 4.69) is 15.9 Å². The number of benzene rings is 1. The number of nitrogens with zero attached hydrogens (tertiary/aromatic N) is 2. The molecule has 0 radical (unpaired) electrons. The Labute approximate surface area is 106 Å². The van der Waals surface area contributed by atoms with Gasteiger partial charge in [0.15, 0.2) is 0 Å². The van der Waals surface area contributed by atoms with Crippen LogP contribution in [0.1, 0.15) is 6.42 Å². The van der Waals surface area contributed by atoms with E-state index in [-0.39, 0.29) is 24.1 Å². The van der Waals surface area contributed by atoms with Gasteiger partial charge in [-0.1, -0.05) is 15.9 Å². The fourth-order valence-corrected chi connectivity index (χ4v) is 2.19. The minimum atomic E-state index is -0.503. The van der Waals surface area contributed by atoms with Crippen LogP contribution < -0.4 is 10.6 Å². The molecule has 2 N–H and O–H groups in total. The van der Waals surface area contributed by atoms with Crippen LogP contribution in [0.3, 0.4) is 0 Å². The number of amides is 1. The highest BCUT2D eigenvalue weighted by Gasteiger charge is 2.32. The van der Waals surface area contributed by atoms with E-state index in [1.807, 2.05) is 0 Å². The molecule has 1 atom stereocenters. The lowest BCUT2D eigenvalue weighted by Crippen LogP contribution is -2.28. The second-order valence-electron chi connectivity index (χ2n) is 3.86. The van der Waals surface area contributed by atoms with Gasteiger partial charge in [0, 0.05) is 29.5 Å². The van der Waals surface area contributed by atoms with Crippen LogP contribution in [0, 0.1) is 10.1 Å². The number of carbonyl (C=O) groups excluding carboxylic acids is 1. The second kappa shape index (κ2) is 4.42. The number of nitro benzene ring substituents is 1. The minimum absolute atomic E-state index is 0.0955. The molecule has 1 saturated heterocycles. The Balaban J connectivity index is 2.45. The Morgan fingerprint density at radius 2 is 2.24 bits per heavy atom. The summed E-state index contributed by atoms with van der Waals surface area (Å²) < 4.78 is 0.601. The monoisotopic (exact) mass is 299 g/mol. The smallest absolute Gasteiger partial charge is 0.294 e. The molecule has 2 rings (SSSR count). The third kappa shape index (κ3) is 2.29. The summed E-state index contributed by atoms with van der Waals surface area (Å²) in [6.45, 7) is 0.321. The maximum absolute atomic E-state index is 11.7. The number of rotatable bonds is 2. The summed E-state index contributed by atoms with van der Waals surface area (Å²) in [5, 5.41) is 10.9. The fourth-order valence-electron chi connectivity index (χ4n) is 1.84. The van der Waals surface area contributed by atoms with Gasteiger partial charge in [0.05, 0.1) is 4.92 Å². The third-order valence-electron chi connectivity index (χ3n) is 2.58. The second-order valence-corrected chi connectivity index (χ2v) is 4.77. The van der Waals surface area contributed by atoms with Crippen LogP contribution in [0.25, 0.3) is 0 Å². The van der Waals surface area contributed by atoms with Crippen LogP contribution in [-0.2, 0) is 4.79 Å². The average Bonchev–Trinajstić information content (AvgIpc) is 2.57. The summed E-state index contributed by atoms with van der Waals surface area (Å²) in [4.78, 5) is 23.5. The van der Waals surface area contributed by atoms with E-state index in [9.17, 15) is 14.9 Å². The number of nitro groups is 1. The van der Waals surface area contributed by atoms with E-state index >= 15 is 0 Å². The molecule has 0 aliphatic carbocycles. The van der Waals surface area contributed by atoms with E-state index in [0.29, 0.717) is 16.7 Å². The summed E-state index contributed by atoms with van der Waals surface area (Å²) in [6, 6.07) is 4.34. The average molecular weight is 300 g/mol. The molecule has 1 unspecified atom stereocenters. The summed E-state index contributed by atoms with van der Waals surface area (Å²) in [5.74, 6) is -0.178. The quantitative estimate of drug-likeness (QED) is 0.660. The van der Waals surface area contributed by atoms with Gasteiger partial charge in [-0.25, -0.2) is 0 Å². The van der Waals surface area contributed by atoms with Crippen LogP contribution in [0.5, 0.6) is 0 Å². The predicted molar refractivity (Wildman–Crippen MR) is 65.7 cm³/mol. The summed E-state index contributed by atoms with van der Waals surface area (Å²) in [5.41, 5.74) is 5.87. The summed E-state index contributed by atoms with van der Waals surface area (Å²) in [6.07, 6.45) is 0.229. The first kappa shape index (κ1) is 12.0. The molecule has 1 aliphatic rings. The van der Waals surface area contributed by atoms with Crippen LogP contribution >= 0.6 is 15.9 Å². The molecule has 0 bridgehead atoms. The molecule has 17 heavy (non-hydrogen) atoms. The largest absolute Gasteiger partial charge is 0.326 e. The van der Waals surface area contributed by atoms with Crippen molar-refractivity contribution in [3.05, 3.63) is 32.8 Å². The number of carbonyl (C=O) groups is 1. The Kier molecular flexibility index (Phi) is 3.12. The number of nitrogens with two attached hydrogens (primary N) is 1. The Bertz CT molecular complexity index is 492.